The van der Waals surface area contributed by atoms with E-state index in [4.69, 9.17) is 4.74 Å². The molecule has 2 heterocycles. The van der Waals surface area contributed by atoms with E-state index in [1.54, 1.807) is 0 Å². The number of anilines is 1. The number of aryl methyl sites for hydroxylation is 2. The fraction of sp³-hybridized carbons (Fsp3) is 0.500. The van der Waals surface area contributed by atoms with Crippen molar-refractivity contribution in [1.82, 2.24) is 15.1 Å². The summed E-state index contributed by atoms with van der Waals surface area (Å²) < 4.78 is 5.67. The molecule has 0 spiro atoms. The van der Waals surface area contributed by atoms with E-state index < -0.39 is 0 Å². The fourth-order valence-corrected chi connectivity index (χ4v) is 4.65. The van der Waals surface area contributed by atoms with E-state index in [-0.39, 0.29) is 18.6 Å². The summed E-state index contributed by atoms with van der Waals surface area (Å²) in [5.74, 6) is 0.641. The first-order valence-electron chi connectivity index (χ1n) is 11.7. The zero-order valence-electron chi connectivity index (χ0n) is 19.6. The number of rotatable bonds is 7. The number of nitrogens with one attached hydrogen (secondary N) is 1. The summed E-state index contributed by atoms with van der Waals surface area (Å²) in [7, 11) is 4.34. The molecule has 172 valence electrons. The summed E-state index contributed by atoms with van der Waals surface area (Å²) in [6.45, 7) is 7.89. The lowest BCUT2D eigenvalue weighted by molar-refractivity contribution is -0.123. The molecular formula is C26H36N4O2. The summed E-state index contributed by atoms with van der Waals surface area (Å²) in [6.07, 6.45) is 2.32. The molecule has 1 atom stereocenters. The Bertz CT molecular complexity index is 907. The quantitative estimate of drug-likeness (QED) is 0.723. The van der Waals surface area contributed by atoms with E-state index in [0.717, 1.165) is 44.9 Å². The molecule has 1 N–H and O–H groups in total. The van der Waals surface area contributed by atoms with Gasteiger partial charge in [0.25, 0.3) is 5.91 Å². The normalized spacial score (nSPS) is 18.2. The van der Waals surface area contributed by atoms with Gasteiger partial charge in [0.1, 0.15) is 5.75 Å². The first-order valence-corrected chi connectivity index (χ1v) is 11.7. The van der Waals surface area contributed by atoms with Crippen LogP contribution in [0.4, 0.5) is 5.69 Å². The molecule has 0 unspecified atom stereocenters. The average Bonchev–Trinajstić information content (AvgIpc) is 2.80. The number of amides is 1. The van der Waals surface area contributed by atoms with Gasteiger partial charge < -0.3 is 19.9 Å². The number of piperazine rings is 1. The molecule has 2 aliphatic rings. The van der Waals surface area contributed by atoms with Crippen molar-refractivity contribution >= 4 is 11.6 Å². The van der Waals surface area contributed by atoms with Crippen LogP contribution in [0.25, 0.3) is 0 Å². The Labute approximate surface area is 192 Å². The molecule has 4 rings (SSSR count). The minimum Gasteiger partial charge on any atom is -0.484 e. The van der Waals surface area contributed by atoms with Gasteiger partial charge in [-0.25, -0.2) is 0 Å². The van der Waals surface area contributed by atoms with Crippen molar-refractivity contribution in [1.29, 1.82) is 0 Å². The third-order valence-corrected chi connectivity index (χ3v) is 6.70. The van der Waals surface area contributed by atoms with Gasteiger partial charge in [0.2, 0.25) is 0 Å². The molecule has 0 aliphatic carbocycles. The highest BCUT2D eigenvalue weighted by Gasteiger charge is 2.26. The molecule has 1 saturated heterocycles. The Hall–Kier alpha value is -2.57. The highest BCUT2D eigenvalue weighted by atomic mass is 16.5. The van der Waals surface area contributed by atoms with Gasteiger partial charge in [0.05, 0.1) is 6.04 Å². The van der Waals surface area contributed by atoms with Crippen LogP contribution >= 0.6 is 0 Å². The molecule has 6 heteroatoms. The molecule has 2 aromatic carbocycles. The summed E-state index contributed by atoms with van der Waals surface area (Å²) in [4.78, 5) is 19.8. The number of carbonyl (C=O) groups excluding carboxylic acids is 1. The molecule has 1 fully saturated rings. The van der Waals surface area contributed by atoms with Gasteiger partial charge in [-0.05, 0) is 56.1 Å². The largest absolute Gasteiger partial charge is 0.484 e. The second-order valence-corrected chi connectivity index (χ2v) is 9.17. The van der Waals surface area contributed by atoms with Gasteiger partial charge in [-0.1, -0.05) is 29.8 Å². The van der Waals surface area contributed by atoms with Crippen molar-refractivity contribution in [3.8, 4) is 5.75 Å². The van der Waals surface area contributed by atoms with Gasteiger partial charge in [-0.2, -0.15) is 0 Å². The van der Waals surface area contributed by atoms with E-state index in [1.165, 1.54) is 28.8 Å². The van der Waals surface area contributed by atoms with Crippen molar-refractivity contribution < 1.29 is 9.53 Å². The summed E-state index contributed by atoms with van der Waals surface area (Å²) in [5, 5.41) is 3.13. The Morgan fingerprint density at radius 3 is 2.53 bits per heavy atom. The number of ether oxygens (including phenoxy) is 1. The molecule has 1 amide bonds. The maximum atomic E-state index is 12.6. The van der Waals surface area contributed by atoms with Crippen LogP contribution in [0.5, 0.6) is 5.75 Å². The molecule has 0 aromatic heterocycles. The molecule has 0 bridgehead atoms. The predicted molar refractivity (Wildman–Crippen MR) is 130 cm³/mol. The molecule has 2 aromatic rings. The Morgan fingerprint density at radius 1 is 1.03 bits per heavy atom. The van der Waals surface area contributed by atoms with E-state index in [1.807, 2.05) is 31.2 Å². The molecule has 6 nitrogen and oxygen atoms in total. The average molecular weight is 437 g/mol. The Morgan fingerprint density at radius 2 is 1.78 bits per heavy atom. The minimum absolute atomic E-state index is 0.0352. The number of fused-ring (bicyclic) bond motifs is 1. The monoisotopic (exact) mass is 436 g/mol. The lowest BCUT2D eigenvalue weighted by Crippen LogP contribution is -2.48. The first-order chi connectivity index (χ1) is 15.5. The third kappa shape index (κ3) is 5.61. The zero-order valence-corrected chi connectivity index (χ0v) is 19.6. The molecule has 0 radical (unpaired) electrons. The summed E-state index contributed by atoms with van der Waals surface area (Å²) in [5.41, 5.74) is 5.23. The fourth-order valence-electron chi connectivity index (χ4n) is 4.65. The Balaban J connectivity index is 1.42. The number of hydrogen-bond acceptors (Lipinski definition) is 5. The van der Waals surface area contributed by atoms with Crippen molar-refractivity contribution in [2.45, 2.75) is 25.8 Å². The van der Waals surface area contributed by atoms with Crippen molar-refractivity contribution in [2.24, 2.45) is 0 Å². The van der Waals surface area contributed by atoms with E-state index >= 15 is 0 Å². The van der Waals surface area contributed by atoms with Crippen molar-refractivity contribution in [2.75, 3.05) is 64.9 Å². The third-order valence-electron chi connectivity index (χ3n) is 6.70. The van der Waals surface area contributed by atoms with E-state index in [0.29, 0.717) is 6.54 Å². The van der Waals surface area contributed by atoms with Gasteiger partial charge in [0, 0.05) is 52.0 Å². The smallest absolute Gasteiger partial charge is 0.258 e. The molecular weight excluding hydrogens is 400 g/mol. The zero-order chi connectivity index (χ0) is 22.5. The van der Waals surface area contributed by atoms with Crippen LogP contribution in [0.1, 0.15) is 29.2 Å². The van der Waals surface area contributed by atoms with Crippen LogP contribution < -0.4 is 15.0 Å². The van der Waals surface area contributed by atoms with Crippen LogP contribution in [-0.2, 0) is 11.2 Å². The maximum Gasteiger partial charge on any atom is 0.258 e. The Kier molecular flexibility index (Phi) is 7.33. The van der Waals surface area contributed by atoms with Crippen LogP contribution in [0.15, 0.2) is 42.5 Å². The van der Waals surface area contributed by atoms with E-state index in [9.17, 15) is 4.79 Å². The number of hydrogen-bond donors (Lipinski definition) is 1. The lowest BCUT2D eigenvalue weighted by Gasteiger charge is -2.39. The second kappa shape index (κ2) is 10.4. The topological polar surface area (TPSA) is 48.1 Å². The molecule has 32 heavy (non-hydrogen) atoms. The van der Waals surface area contributed by atoms with Crippen molar-refractivity contribution in [3.63, 3.8) is 0 Å². The van der Waals surface area contributed by atoms with Gasteiger partial charge in [0.15, 0.2) is 6.61 Å². The van der Waals surface area contributed by atoms with E-state index in [2.05, 4.69) is 52.3 Å². The number of benzene rings is 2. The standard InChI is InChI=1S/C26H36N4O2/c1-20-6-9-23(10-7-20)32-19-26(31)27-18-25(30-15-13-28(2)14-16-30)22-8-11-24-21(17-22)5-4-12-29(24)3/h6-11,17,25H,4-5,12-16,18-19H2,1-3H3,(H,27,31)/t25-/m0/s1. The highest BCUT2D eigenvalue weighted by Crippen LogP contribution is 2.31. The van der Waals surface area contributed by atoms with Crippen LogP contribution in [-0.4, -0.2) is 75.7 Å². The van der Waals surface area contributed by atoms with Gasteiger partial charge in [-0.3, -0.25) is 9.69 Å². The van der Waals surface area contributed by atoms with Crippen LogP contribution in [0, 0.1) is 6.92 Å². The van der Waals surface area contributed by atoms with Crippen molar-refractivity contribution in [3.05, 3.63) is 59.2 Å². The summed E-state index contributed by atoms with van der Waals surface area (Å²) >= 11 is 0. The number of nitrogens with zero attached hydrogens (tertiary/aromatic N) is 3. The minimum atomic E-state index is -0.0811. The summed E-state index contributed by atoms with van der Waals surface area (Å²) in [6, 6.07) is 14.8. The number of likely N-dealkylation sites (N-methyl/N-ethyl adjacent to an activating group) is 1. The van der Waals surface area contributed by atoms with Gasteiger partial charge in [-0.15, -0.1) is 0 Å². The van der Waals surface area contributed by atoms with Gasteiger partial charge >= 0.3 is 0 Å². The highest BCUT2D eigenvalue weighted by molar-refractivity contribution is 5.77. The number of carbonyl (C=O) groups is 1. The molecule has 0 saturated carbocycles. The van der Waals surface area contributed by atoms with Crippen LogP contribution in [0.2, 0.25) is 0 Å². The predicted octanol–water partition coefficient (Wildman–Crippen LogP) is 2.86. The molecule has 2 aliphatic heterocycles. The first kappa shape index (κ1) is 22.6. The lowest BCUT2D eigenvalue weighted by atomic mass is 9.95. The SMILES string of the molecule is Cc1ccc(OCC(=O)NC[C@@H](c2ccc3c(c2)CCCN3C)N2CCN(C)CC2)cc1. The second-order valence-electron chi connectivity index (χ2n) is 9.17. The van der Waals surface area contributed by atoms with Crippen LogP contribution in [0.3, 0.4) is 0 Å². The maximum absolute atomic E-state index is 12.6.